The van der Waals surface area contributed by atoms with Crippen molar-refractivity contribution < 1.29 is 9.59 Å². The molecular weight excluding hydrogens is 194 g/mol. The Morgan fingerprint density at radius 1 is 1.38 bits per heavy atom. The molecule has 0 aromatic carbocycles. The van der Waals surface area contributed by atoms with E-state index >= 15 is 0 Å². The molecule has 1 unspecified atom stereocenters. The van der Waals surface area contributed by atoms with E-state index in [9.17, 15) is 9.59 Å². The molecule has 0 aromatic heterocycles. The van der Waals surface area contributed by atoms with Crippen LogP contribution < -0.4 is 16.0 Å². The molecule has 0 rings (SSSR count). The second-order valence-electron chi connectivity index (χ2n) is 2.60. The van der Waals surface area contributed by atoms with Gasteiger partial charge < -0.3 is 5.32 Å². The maximum absolute atomic E-state index is 11.0. The molecule has 13 heavy (non-hydrogen) atoms. The summed E-state index contributed by atoms with van der Waals surface area (Å²) in [5.74, 6) is -0.408. The highest BCUT2D eigenvalue weighted by Gasteiger charge is 2.15. The second kappa shape index (κ2) is 5.77. The lowest BCUT2D eigenvalue weighted by Gasteiger charge is -2.19. The van der Waals surface area contributed by atoms with Gasteiger partial charge in [-0.15, -0.1) is 11.6 Å². The molecule has 0 bridgehead atoms. The summed E-state index contributed by atoms with van der Waals surface area (Å²) in [4.78, 5) is 21.5. The number of halogens is 1. The molecular formula is C7H14ClN3O2. The van der Waals surface area contributed by atoms with Gasteiger partial charge in [0.25, 0.3) is 0 Å². The molecule has 0 aliphatic rings. The van der Waals surface area contributed by atoms with E-state index in [1.54, 1.807) is 14.0 Å². The summed E-state index contributed by atoms with van der Waals surface area (Å²) in [6, 6.07) is -0.556. The van der Waals surface area contributed by atoms with Gasteiger partial charge >= 0.3 is 6.03 Å². The molecule has 0 aromatic rings. The topological polar surface area (TPSA) is 70.2 Å². The number of hydrogen-bond acceptors (Lipinski definition) is 3. The van der Waals surface area contributed by atoms with Crippen molar-refractivity contribution in [2.75, 3.05) is 7.05 Å². The van der Waals surface area contributed by atoms with Crippen LogP contribution in [0.1, 0.15) is 13.8 Å². The predicted molar refractivity (Wildman–Crippen MR) is 50.5 cm³/mol. The summed E-state index contributed by atoms with van der Waals surface area (Å²) >= 11 is 5.73. The van der Waals surface area contributed by atoms with Crippen molar-refractivity contribution in [2.45, 2.75) is 25.4 Å². The molecule has 0 aliphatic carbocycles. The third kappa shape index (κ3) is 5.43. The van der Waals surface area contributed by atoms with Crippen LogP contribution in [-0.4, -0.2) is 30.5 Å². The first-order chi connectivity index (χ1) is 5.97. The average molecular weight is 208 g/mol. The van der Waals surface area contributed by atoms with Gasteiger partial charge in [0.05, 0.1) is 11.5 Å². The molecule has 0 saturated carbocycles. The van der Waals surface area contributed by atoms with Crippen LogP contribution in [0.2, 0.25) is 0 Å². The number of hydrogen-bond donors (Lipinski definition) is 3. The van der Waals surface area contributed by atoms with Gasteiger partial charge in [-0.05, 0) is 14.0 Å². The van der Waals surface area contributed by atoms with Crippen molar-refractivity contribution in [3.05, 3.63) is 0 Å². The van der Waals surface area contributed by atoms with Crippen molar-refractivity contribution in [3.8, 4) is 0 Å². The Hall–Kier alpha value is -0.810. The van der Waals surface area contributed by atoms with Crippen molar-refractivity contribution in [2.24, 2.45) is 0 Å². The van der Waals surface area contributed by atoms with E-state index in [0.29, 0.717) is 0 Å². The van der Waals surface area contributed by atoms with Gasteiger partial charge in [0.2, 0.25) is 5.91 Å². The molecule has 5 nitrogen and oxygen atoms in total. The minimum Gasteiger partial charge on any atom is -0.321 e. The van der Waals surface area contributed by atoms with E-state index < -0.39 is 11.9 Å². The van der Waals surface area contributed by atoms with Crippen LogP contribution >= 0.6 is 11.6 Å². The highest BCUT2D eigenvalue weighted by molar-refractivity contribution is 6.20. The third-order valence-electron chi connectivity index (χ3n) is 1.35. The molecule has 0 spiro atoms. The Labute approximate surface area is 82.2 Å². The number of alkyl halides is 1. The van der Waals surface area contributed by atoms with Crippen LogP contribution in [-0.2, 0) is 4.79 Å². The van der Waals surface area contributed by atoms with Gasteiger partial charge in [-0.1, -0.05) is 0 Å². The minimum absolute atomic E-state index is 0.261. The molecule has 2 atom stereocenters. The maximum Gasteiger partial charge on any atom is 0.322 e. The minimum atomic E-state index is -0.556. The monoisotopic (exact) mass is 207 g/mol. The molecule has 0 heterocycles. The zero-order chi connectivity index (χ0) is 10.4. The molecule has 0 radical (unpaired) electrons. The molecule has 3 amide bonds. The summed E-state index contributed by atoms with van der Waals surface area (Å²) in [6.45, 7) is 2.99. The lowest BCUT2D eigenvalue weighted by molar-refractivity contribution is -0.117. The first-order valence-corrected chi connectivity index (χ1v) is 4.30. The predicted octanol–water partition coefficient (Wildman–Crippen LogP) is 0.00490. The normalized spacial score (nSPS) is 14.5. The largest absolute Gasteiger partial charge is 0.322 e. The van der Waals surface area contributed by atoms with Crippen LogP contribution in [0.5, 0.6) is 0 Å². The van der Waals surface area contributed by atoms with Gasteiger partial charge in [0.15, 0.2) is 0 Å². The van der Waals surface area contributed by atoms with Crippen LogP contribution in [0.3, 0.4) is 0 Å². The number of urea groups is 1. The van der Waals surface area contributed by atoms with E-state index in [4.69, 9.17) is 11.6 Å². The number of carbonyl (C=O) groups excluding carboxylic acids is 2. The van der Waals surface area contributed by atoms with E-state index in [1.807, 2.05) is 0 Å². The van der Waals surface area contributed by atoms with E-state index in [1.165, 1.54) is 6.92 Å². The molecule has 6 heteroatoms. The zero-order valence-electron chi connectivity index (χ0n) is 7.85. The molecule has 0 fully saturated rings. The highest BCUT2D eigenvalue weighted by atomic mass is 35.5. The highest BCUT2D eigenvalue weighted by Crippen LogP contribution is 1.97. The first-order valence-electron chi connectivity index (χ1n) is 3.86. The Balaban J connectivity index is 3.94. The third-order valence-corrected chi connectivity index (χ3v) is 1.60. The summed E-state index contributed by atoms with van der Waals surface area (Å²) in [5, 5.41) is 7.09. The Morgan fingerprint density at radius 3 is 2.23 bits per heavy atom. The number of imide groups is 1. The van der Waals surface area contributed by atoms with Crippen molar-refractivity contribution in [3.63, 3.8) is 0 Å². The van der Waals surface area contributed by atoms with Crippen LogP contribution in [0.25, 0.3) is 0 Å². The van der Waals surface area contributed by atoms with E-state index in [2.05, 4.69) is 16.0 Å². The van der Waals surface area contributed by atoms with Crippen molar-refractivity contribution >= 4 is 23.5 Å². The lowest BCUT2D eigenvalue weighted by Crippen LogP contribution is -2.52. The second-order valence-corrected chi connectivity index (χ2v) is 3.29. The van der Waals surface area contributed by atoms with Crippen LogP contribution in [0.15, 0.2) is 0 Å². The number of amides is 3. The summed E-state index contributed by atoms with van der Waals surface area (Å²) < 4.78 is 0. The fourth-order valence-corrected chi connectivity index (χ4v) is 0.943. The Morgan fingerprint density at radius 2 is 1.92 bits per heavy atom. The number of carbonyl (C=O) groups is 2. The molecule has 76 valence electrons. The Bertz CT molecular complexity index is 196. The van der Waals surface area contributed by atoms with Gasteiger partial charge in [-0.25, -0.2) is 4.79 Å². The van der Waals surface area contributed by atoms with Gasteiger partial charge in [-0.3, -0.25) is 15.4 Å². The van der Waals surface area contributed by atoms with E-state index in [-0.39, 0.29) is 11.5 Å². The molecule has 0 saturated heterocycles. The van der Waals surface area contributed by atoms with Crippen molar-refractivity contribution in [1.29, 1.82) is 0 Å². The zero-order valence-corrected chi connectivity index (χ0v) is 8.61. The van der Waals surface area contributed by atoms with E-state index in [0.717, 1.165) is 0 Å². The summed E-state index contributed by atoms with van der Waals surface area (Å²) in [7, 11) is 1.66. The fraction of sp³-hybridized carbons (Fsp3) is 0.714. The standard InChI is InChI=1S/C7H14ClN3O2/c1-4(8)6(9-3)11-7(13)10-5(2)12/h4,6,9H,1-3H3,(H2,10,11,12,13)/t4?,6-/m0/s1. The van der Waals surface area contributed by atoms with Crippen LogP contribution in [0.4, 0.5) is 4.79 Å². The summed E-state index contributed by atoms with van der Waals surface area (Å²) in [6.07, 6.45) is -0.360. The van der Waals surface area contributed by atoms with Gasteiger partial charge in [0.1, 0.15) is 0 Å². The van der Waals surface area contributed by atoms with Crippen molar-refractivity contribution in [1.82, 2.24) is 16.0 Å². The average Bonchev–Trinajstić information content (AvgIpc) is 1.98. The smallest absolute Gasteiger partial charge is 0.321 e. The quantitative estimate of drug-likeness (QED) is 0.451. The fourth-order valence-electron chi connectivity index (χ4n) is 0.754. The summed E-state index contributed by atoms with van der Waals surface area (Å²) in [5.41, 5.74) is 0. The molecule has 0 aliphatic heterocycles. The maximum atomic E-state index is 11.0. The molecule has 3 N–H and O–H groups in total. The van der Waals surface area contributed by atoms with Gasteiger partial charge in [0, 0.05) is 6.92 Å². The van der Waals surface area contributed by atoms with Crippen LogP contribution in [0, 0.1) is 0 Å². The SMILES string of the molecule is CN[C@@H](NC(=O)NC(C)=O)C(C)Cl. The Kier molecular flexibility index (Phi) is 5.41. The number of rotatable bonds is 3. The lowest BCUT2D eigenvalue weighted by atomic mass is 10.3. The first kappa shape index (κ1) is 12.2. The number of nitrogens with one attached hydrogen (secondary N) is 3. The van der Waals surface area contributed by atoms with Gasteiger partial charge in [-0.2, -0.15) is 0 Å².